The summed E-state index contributed by atoms with van der Waals surface area (Å²) in [6, 6.07) is 10.1. The Labute approximate surface area is 153 Å². The number of fused-ring (bicyclic) bond motifs is 1. The zero-order valence-electron chi connectivity index (χ0n) is 15.0. The molecule has 2 aliphatic rings. The van der Waals surface area contributed by atoms with Gasteiger partial charge in [0, 0.05) is 43.2 Å². The van der Waals surface area contributed by atoms with Gasteiger partial charge in [-0.3, -0.25) is 4.79 Å². The highest BCUT2D eigenvalue weighted by molar-refractivity contribution is 5.83. The van der Waals surface area contributed by atoms with Crippen molar-refractivity contribution < 1.29 is 14.6 Å². The molecule has 0 unspecified atom stereocenters. The maximum atomic E-state index is 12.8. The average molecular weight is 357 g/mol. The minimum absolute atomic E-state index is 0.0756. The third-order valence-electron chi connectivity index (χ3n) is 6.21. The second-order valence-electron chi connectivity index (χ2n) is 7.52. The number of aliphatic hydroxyl groups is 1. The minimum atomic E-state index is -0.323. The number of nitrogens with two attached hydrogens (primary N) is 1. The van der Waals surface area contributed by atoms with E-state index in [4.69, 9.17) is 10.5 Å². The van der Waals surface area contributed by atoms with Crippen LogP contribution in [0.15, 0.2) is 36.5 Å². The monoisotopic (exact) mass is 357 g/mol. The van der Waals surface area contributed by atoms with E-state index >= 15 is 0 Å². The van der Waals surface area contributed by atoms with Crippen molar-refractivity contribution in [2.24, 2.45) is 11.1 Å². The molecule has 26 heavy (non-hydrogen) atoms. The number of amides is 1. The number of carbonyl (C=O) groups is 1. The van der Waals surface area contributed by atoms with Gasteiger partial charge < -0.3 is 25.0 Å². The van der Waals surface area contributed by atoms with Crippen LogP contribution in [0.5, 0.6) is 0 Å². The van der Waals surface area contributed by atoms with Gasteiger partial charge in [-0.05, 0) is 30.4 Å². The Balaban J connectivity index is 1.38. The molecule has 2 atom stereocenters. The van der Waals surface area contributed by atoms with Gasteiger partial charge in [0.05, 0.1) is 18.8 Å². The van der Waals surface area contributed by atoms with Gasteiger partial charge in [0.15, 0.2) is 0 Å². The number of hydrogen-bond donors (Lipinski definition) is 2. The standard InChI is InChI=1S/C20H27N3O3/c21-8-12-26-18-13-17(24)20(18)6-10-22(11-7-20)19(25)14-23-9-5-15-3-1-2-4-16(15)23/h1-5,9,17-18,24H,6-8,10-14,21H2/t17-,18+/m0/s1. The summed E-state index contributed by atoms with van der Waals surface area (Å²) in [4.78, 5) is 14.7. The number of aromatic nitrogens is 1. The van der Waals surface area contributed by atoms with Crippen molar-refractivity contribution >= 4 is 16.8 Å². The maximum Gasteiger partial charge on any atom is 0.242 e. The van der Waals surface area contributed by atoms with Crippen molar-refractivity contribution in [3.8, 4) is 0 Å². The van der Waals surface area contributed by atoms with Crippen LogP contribution in [0.25, 0.3) is 10.9 Å². The number of para-hydroxylation sites is 1. The molecule has 0 bridgehead atoms. The molecule has 4 rings (SSSR count). The molecule has 0 radical (unpaired) electrons. The van der Waals surface area contributed by atoms with E-state index in [1.54, 1.807) is 0 Å². The third kappa shape index (κ3) is 2.92. The van der Waals surface area contributed by atoms with Crippen molar-refractivity contribution in [1.82, 2.24) is 9.47 Å². The van der Waals surface area contributed by atoms with Crippen LogP contribution in [0.4, 0.5) is 0 Å². The molecule has 1 saturated carbocycles. The van der Waals surface area contributed by atoms with Crippen molar-refractivity contribution in [2.75, 3.05) is 26.2 Å². The van der Waals surface area contributed by atoms with Crippen LogP contribution >= 0.6 is 0 Å². The lowest BCUT2D eigenvalue weighted by atomic mass is 9.58. The quantitative estimate of drug-likeness (QED) is 0.847. The molecule has 1 amide bonds. The summed E-state index contributed by atoms with van der Waals surface area (Å²) in [5.41, 5.74) is 6.43. The summed E-state index contributed by atoms with van der Waals surface area (Å²) in [5, 5.41) is 11.5. The molecule has 1 aromatic heterocycles. The minimum Gasteiger partial charge on any atom is -0.392 e. The Morgan fingerprint density at radius 2 is 2.04 bits per heavy atom. The lowest BCUT2D eigenvalue weighted by molar-refractivity contribution is -0.210. The van der Waals surface area contributed by atoms with Crippen molar-refractivity contribution in [3.05, 3.63) is 36.5 Å². The Morgan fingerprint density at radius 1 is 1.27 bits per heavy atom. The molecular weight excluding hydrogens is 330 g/mol. The molecule has 6 nitrogen and oxygen atoms in total. The van der Waals surface area contributed by atoms with Gasteiger partial charge in [-0.25, -0.2) is 0 Å². The summed E-state index contributed by atoms with van der Waals surface area (Å²) >= 11 is 0. The number of rotatable bonds is 5. The van der Waals surface area contributed by atoms with Gasteiger partial charge in [0.2, 0.25) is 5.91 Å². The maximum absolute atomic E-state index is 12.8. The fraction of sp³-hybridized carbons (Fsp3) is 0.550. The molecule has 1 aliphatic heterocycles. The zero-order chi connectivity index (χ0) is 18.1. The first kappa shape index (κ1) is 17.5. The summed E-state index contributed by atoms with van der Waals surface area (Å²) in [6.45, 7) is 2.74. The molecule has 3 N–H and O–H groups in total. The number of piperidine rings is 1. The van der Waals surface area contributed by atoms with Gasteiger partial charge in [0.1, 0.15) is 6.54 Å². The lowest BCUT2D eigenvalue weighted by Crippen LogP contribution is -2.63. The van der Waals surface area contributed by atoms with E-state index in [-0.39, 0.29) is 23.5 Å². The van der Waals surface area contributed by atoms with Crippen molar-refractivity contribution in [2.45, 2.75) is 38.0 Å². The first-order chi connectivity index (χ1) is 12.6. The van der Waals surface area contributed by atoms with Gasteiger partial charge in [-0.15, -0.1) is 0 Å². The van der Waals surface area contributed by atoms with Crippen LogP contribution in [-0.2, 0) is 16.1 Å². The van der Waals surface area contributed by atoms with Crippen LogP contribution in [0, 0.1) is 5.41 Å². The molecule has 1 spiro atoms. The topological polar surface area (TPSA) is 80.7 Å². The van der Waals surface area contributed by atoms with Crippen molar-refractivity contribution in [1.29, 1.82) is 0 Å². The third-order valence-corrected chi connectivity index (χ3v) is 6.21. The Kier molecular flexibility index (Phi) is 4.73. The van der Waals surface area contributed by atoms with Crippen molar-refractivity contribution in [3.63, 3.8) is 0 Å². The summed E-state index contributed by atoms with van der Waals surface area (Å²) in [5.74, 6) is 0.134. The molecule has 1 saturated heterocycles. The van der Waals surface area contributed by atoms with Gasteiger partial charge in [-0.1, -0.05) is 18.2 Å². The molecule has 140 valence electrons. The van der Waals surface area contributed by atoms with Gasteiger partial charge in [0.25, 0.3) is 0 Å². The Hall–Kier alpha value is -1.89. The first-order valence-electron chi connectivity index (χ1n) is 9.45. The van der Waals surface area contributed by atoms with Crippen LogP contribution in [0.1, 0.15) is 19.3 Å². The number of aliphatic hydroxyl groups excluding tert-OH is 1. The van der Waals surface area contributed by atoms with Gasteiger partial charge >= 0.3 is 0 Å². The molecule has 2 heterocycles. The Bertz CT molecular complexity index is 779. The number of carbonyl (C=O) groups excluding carboxylic acids is 1. The fourth-order valence-corrected chi connectivity index (χ4v) is 4.52. The molecule has 6 heteroatoms. The van der Waals surface area contributed by atoms with Crippen LogP contribution in [0.3, 0.4) is 0 Å². The molecule has 2 fully saturated rings. The first-order valence-corrected chi connectivity index (χ1v) is 9.45. The van der Waals surface area contributed by atoms with Crippen LogP contribution in [-0.4, -0.2) is 58.9 Å². The highest BCUT2D eigenvalue weighted by atomic mass is 16.5. The second-order valence-corrected chi connectivity index (χ2v) is 7.52. The average Bonchev–Trinajstić information content (AvgIpc) is 3.08. The number of benzene rings is 1. The Morgan fingerprint density at radius 3 is 2.77 bits per heavy atom. The van der Waals surface area contributed by atoms with E-state index in [0.717, 1.165) is 23.7 Å². The molecule has 2 aromatic rings. The van der Waals surface area contributed by atoms with Crippen LogP contribution < -0.4 is 5.73 Å². The lowest BCUT2D eigenvalue weighted by Gasteiger charge is -2.56. The number of nitrogens with zero attached hydrogens (tertiary/aromatic N) is 2. The normalized spacial score (nSPS) is 24.8. The smallest absolute Gasteiger partial charge is 0.242 e. The van der Waals surface area contributed by atoms with E-state index in [0.29, 0.717) is 39.2 Å². The molecule has 1 aliphatic carbocycles. The summed E-state index contributed by atoms with van der Waals surface area (Å²) in [6.07, 6.45) is 4.00. The van der Waals surface area contributed by atoms with E-state index in [1.807, 2.05) is 39.9 Å². The summed E-state index contributed by atoms with van der Waals surface area (Å²) in [7, 11) is 0. The van der Waals surface area contributed by atoms with E-state index < -0.39 is 0 Å². The van der Waals surface area contributed by atoms with Crippen LogP contribution in [0.2, 0.25) is 0 Å². The zero-order valence-corrected chi connectivity index (χ0v) is 15.0. The molecule has 1 aromatic carbocycles. The van der Waals surface area contributed by atoms with E-state index in [2.05, 4.69) is 6.07 Å². The van der Waals surface area contributed by atoms with Gasteiger partial charge in [-0.2, -0.15) is 0 Å². The predicted octanol–water partition coefficient (Wildman–Crippen LogP) is 1.36. The highest BCUT2D eigenvalue weighted by Gasteiger charge is 2.56. The SMILES string of the molecule is NCCO[C@@H]1C[C@H](O)C12CCN(C(=O)Cn1ccc3ccccc31)CC2. The number of ether oxygens (including phenoxy) is 1. The van der Waals surface area contributed by atoms with E-state index in [9.17, 15) is 9.90 Å². The number of likely N-dealkylation sites (tertiary alicyclic amines) is 1. The fourth-order valence-electron chi connectivity index (χ4n) is 4.52. The molecular formula is C20H27N3O3. The summed E-state index contributed by atoms with van der Waals surface area (Å²) < 4.78 is 7.83. The largest absolute Gasteiger partial charge is 0.392 e. The number of hydrogen-bond acceptors (Lipinski definition) is 4. The van der Waals surface area contributed by atoms with E-state index in [1.165, 1.54) is 0 Å². The second kappa shape index (κ2) is 7.02. The highest BCUT2D eigenvalue weighted by Crippen LogP contribution is 2.50. The predicted molar refractivity (Wildman–Crippen MR) is 99.6 cm³/mol.